The van der Waals surface area contributed by atoms with E-state index in [0.29, 0.717) is 47.3 Å². The number of nitrogens with zero attached hydrogens (tertiary/aromatic N) is 3. The van der Waals surface area contributed by atoms with Crippen LogP contribution in [0.1, 0.15) is 41.0 Å². The molecule has 1 aliphatic heterocycles. The largest absolute Gasteiger partial charge is 0.478 e. The highest BCUT2D eigenvalue weighted by molar-refractivity contribution is 5.95. The molecule has 1 aromatic heterocycles. The summed E-state index contributed by atoms with van der Waals surface area (Å²) in [6.07, 6.45) is 0.316. The standard InChI is InChI=1S/C31H31FN4O4/c1-20-8-11-22(12-9-20)40-31(2,3)30(39)36-16-14-35(15-17-36)29(38)25-18-21(10-13-26(25)32)19-27-23-6-4-5-7-24(23)28(37)34-33-27/h4-13,18H,14-17,19H2,1-3H3,(H,34,37). The fraction of sp³-hybridized carbons (Fsp3) is 0.290. The van der Waals surface area contributed by atoms with Gasteiger partial charge in [-0.15, -0.1) is 0 Å². The molecule has 2 heterocycles. The molecule has 1 aliphatic rings. The zero-order chi connectivity index (χ0) is 28.4. The SMILES string of the molecule is Cc1ccc(OC(C)(C)C(=O)N2CCN(C(=O)c3cc(Cc4n[nH]c(=O)c5ccccc45)ccc3F)CC2)cc1. The predicted molar refractivity (Wildman–Crippen MR) is 150 cm³/mol. The number of piperazine rings is 1. The first kappa shape index (κ1) is 27.1. The van der Waals surface area contributed by atoms with Crippen LogP contribution in [-0.4, -0.2) is 63.6 Å². The van der Waals surface area contributed by atoms with Gasteiger partial charge in [-0.05, 0) is 56.7 Å². The van der Waals surface area contributed by atoms with Crippen LogP contribution in [0.4, 0.5) is 4.39 Å². The molecule has 0 aliphatic carbocycles. The van der Waals surface area contributed by atoms with Crippen molar-refractivity contribution in [1.29, 1.82) is 0 Å². The van der Waals surface area contributed by atoms with E-state index in [1.807, 2.05) is 43.3 Å². The van der Waals surface area contributed by atoms with Gasteiger partial charge in [0.05, 0.1) is 16.6 Å². The molecule has 0 unspecified atom stereocenters. The molecule has 1 saturated heterocycles. The van der Waals surface area contributed by atoms with Crippen LogP contribution in [0.15, 0.2) is 71.5 Å². The second-order valence-corrected chi connectivity index (χ2v) is 10.5. The fourth-order valence-electron chi connectivity index (χ4n) is 4.95. The van der Waals surface area contributed by atoms with Crippen LogP contribution >= 0.6 is 0 Å². The Balaban J connectivity index is 1.26. The van der Waals surface area contributed by atoms with E-state index in [9.17, 15) is 18.8 Å². The molecule has 0 atom stereocenters. The number of rotatable bonds is 6. The first-order valence-corrected chi connectivity index (χ1v) is 13.2. The summed E-state index contributed by atoms with van der Waals surface area (Å²) in [4.78, 5) is 41.9. The Hall–Kier alpha value is -4.53. The minimum absolute atomic E-state index is 0.0333. The molecular weight excluding hydrogens is 511 g/mol. The number of aromatic nitrogens is 2. The van der Waals surface area contributed by atoms with E-state index in [1.165, 1.54) is 12.1 Å². The lowest BCUT2D eigenvalue weighted by Gasteiger charge is -2.38. The van der Waals surface area contributed by atoms with E-state index in [-0.39, 0.29) is 30.1 Å². The van der Waals surface area contributed by atoms with E-state index < -0.39 is 17.3 Å². The number of fused-ring (bicyclic) bond motifs is 1. The van der Waals surface area contributed by atoms with Crippen LogP contribution < -0.4 is 10.3 Å². The maximum absolute atomic E-state index is 14.8. The Bertz CT molecular complexity index is 1620. The Kier molecular flexibility index (Phi) is 7.38. The van der Waals surface area contributed by atoms with E-state index in [4.69, 9.17) is 4.74 Å². The second kappa shape index (κ2) is 10.9. The van der Waals surface area contributed by atoms with Crippen molar-refractivity contribution in [3.63, 3.8) is 0 Å². The molecule has 40 heavy (non-hydrogen) atoms. The maximum Gasteiger partial charge on any atom is 0.272 e. The van der Waals surface area contributed by atoms with Crippen LogP contribution in [0.5, 0.6) is 5.75 Å². The number of carbonyl (C=O) groups is 2. The number of ether oxygens (including phenoxy) is 1. The third-order valence-corrected chi connectivity index (χ3v) is 7.17. The van der Waals surface area contributed by atoms with E-state index in [2.05, 4.69) is 10.2 Å². The highest BCUT2D eigenvalue weighted by Gasteiger charge is 2.36. The summed E-state index contributed by atoms with van der Waals surface area (Å²) in [5.74, 6) is -0.604. The van der Waals surface area contributed by atoms with Gasteiger partial charge < -0.3 is 14.5 Å². The van der Waals surface area contributed by atoms with Crippen molar-refractivity contribution in [3.8, 4) is 5.75 Å². The zero-order valence-electron chi connectivity index (χ0n) is 22.7. The first-order valence-electron chi connectivity index (χ1n) is 13.2. The molecule has 3 aromatic carbocycles. The summed E-state index contributed by atoms with van der Waals surface area (Å²) in [5, 5.41) is 7.92. The molecule has 0 bridgehead atoms. The molecule has 1 fully saturated rings. The van der Waals surface area contributed by atoms with Gasteiger partial charge in [0, 0.05) is 38.0 Å². The van der Waals surface area contributed by atoms with Crippen LogP contribution in [0.25, 0.3) is 10.8 Å². The Labute approximate surface area is 231 Å². The van der Waals surface area contributed by atoms with Gasteiger partial charge >= 0.3 is 0 Å². The molecule has 2 amide bonds. The van der Waals surface area contributed by atoms with Gasteiger partial charge in [-0.25, -0.2) is 9.49 Å². The summed E-state index contributed by atoms with van der Waals surface area (Å²) in [6.45, 7) is 6.64. The summed E-state index contributed by atoms with van der Waals surface area (Å²) < 4.78 is 20.8. The number of nitrogens with one attached hydrogen (secondary N) is 1. The molecule has 4 aromatic rings. The number of amides is 2. The van der Waals surface area contributed by atoms with Gasteiger partial charge in [-0.3, -0.25) is 14.4 Å². The monoisotopic (exact) mass is 542 g/mol. The Morgan fingerprint density at radius 2 is 1.60 bits per heavy atom. The van der Waals surface area contributed by atoms with Crippen LogP contribution in [0.3, 0.4) is 0 Å². The summed E-state index contributed by atoms with van der Waals surface area (Å²) >= 11 is 0. The number of aryl methyl sites for hydroxylation is 1. The number of H-pyrrole nitrogens is 1. The quantitative estimate of drug-likeness (QED) is 0.396. The number of aromatic amines is 1. The van der Waals surface area contributed by atoms with Gasteiger partial charge in [-0.1, -0.05) is 42.0 Å². The Morgan fingerprint density at radius 1 is 0.950 bits per heavy atom. The average molecular weight is 543 g/mol. The maximum atomic E-state index is 14.8. The number of hydrogen-bond donors (Lipinski definition) is 1. The van der Waals surface area contributed by atoms with Gasteiger partial charge in [0.15, 0.2) is 5.60 Å². The average Bonchev–Trinajstić information content (AvgIpc) is 2.96. The molecule has 1 N–H and O–H groups in total. The summed E-state index contributed by atoms with van der Waals surface area (Å²) in [5.41, 5.74) is 1.02. The third-order valence-electron chi connectivity index (χ3n) is 7.17. The lowest BCUT2D eigenvalue weighted by Crippen LogP contribution is -2.56. The zero-order valence-corrected chi connectivity index (χ0v) is 22.7. The molecule has 206 valence electrons. The lowest BCUT2D eigenvalue weighted by molar-refractivity contribution is -0.147. The van der Waals surface area contributed by atoms with Crippen molar-refractivity contribution in [3.05, 3.63) is 105 Å². The van der Waals surface area contributed by atoms with Crippen LogP contribution in [0, 0.1) is 12.7 Å². The smallest absolute Gasteiger partial charge is 0.272 e. The summed E-state index contributed by atoms with van der Waals surface area (Å²) in [6, 6.07) is 19.1. The summed E-state index contributed by atoms with van der Waals surface area (Å²) in [7, 11) is 0. The van der Waals surface area contributed by atoms with Crippen molar-refractivity contribution >= 4 is 22.6 Å². The molecule has 0 saturated carbocycles. The lowest BCUT2D eigenvalue weighted by atomic mass is 10.0. The van der Waals surface area contributed by atoms with Gasteiger partial charge in [0.25, 0.3) is 17.4 Å². The number of halogens is 1. The molecule has 0 spiro atoms. The van der Waals surface area contributed by atoms with Gasteiger partial charge in [-0.2, -0.15) is 5.10 Å². The fourth-order valence-corrected chi connectivity index (χ4v) is 4.95. The predicted octanol–water partition coefficient (Wildman–Crippen LogP) is 4.10. The minimum Gasteiger partial charge on any atom is -0.478 e. The minimum atomic E-state index is -1.08. The highest BCUT2D eigenvalue weighted by atomic mass is 19.1. The van der Waals surface area contributed by atoms with E-state index in [1.54, 1.807) is 41.8 Å². The van der Waals surface area contributed by atoms with Crippen molar-refractivity contribution in [1.82, 2.24) is 20.0 Å². The molecule has 8 nitrogen and oxygen atoms in total. The van der Waals surface area contributed by atoms with Crippen molar-refractivity contribution < 1.29 is 18.7 Å². The van der Waals surface area contributed by atoms with E-state index >= 15 is 0 Å². The molecule has 9 heteroatoms. The van der Waals surface area contributed by atoms with Crippen molar-refractivity contribution in [2.45, 2.75) is 32.8 Å². The Morgan fingerprint density at radius 3 is 2.30 bits per heavy atom. The molecular formula is C31H31FN4O4. The topological polar surface area (TPSA) is 95.6 Å². The van der Waals surface area contributed by atoms with Gasteiger partial charge in [0.2, 0.25) is 0 Å². The van der Waals surface area contributed by atoms with Crippen molar-refractivity contribution in [2.24, 2.45) is 0 Å². The number of benzene rings is 3. The first-order chi connectivity index (χ1) is 19.1. The number of carbonyl (C=O) groups excluding carboxylic acids is 2. The molecule has 0 radical (unpaired) electrons. The van der Waals surface area contributed by atoms with E-state index in [0.717, 1.165) is 5.56 Å². The number of hydrogen-bond acceptors (Lipinski definition) is 5. The second-order valence-electron chi connectivity index (χ2n) is 10.5. The van der Waals surface area contributed by atoms with Crippen LogP contribution in [0.2, 0.25) is 0 Å². The van der Waals surface area contributed by atoms with Crippen LogP contribution in [-0.2, 0) is 11.2 Å². The van der Waals surface area contributed by atoms with Crippen molar-refractivity contribution in [2.75, 3.05) is 26.2 Å². The normalized spacial score (nSPS) is 13.9. The van der Waals surface area contributed by atoms with Gasteiger partial charge in [0.1, 0.15) is 11.6 Å². The highest BCUT2D eigenvalue weighted by Crippen LogP contribution is 2.23. The molecule has 5 rings (SSSR count). The third kappa shape index (κ3) is 5.59.